The minimum atomic E-state index is -4.68. The molecule has 0 unspecified atom stereocenters. The topological polar surface area (TPSA) is 94.6 Å². The summed E-state index contributed by atoms with van der Waals surface area (Å²) in [4.78, 5) is 8.69. The Labute approximate surface area is 202 Å². The van der Waals surface area contributed by atoms with Crippen LogP contribution in [0.4, 0.5) is 24.8 Å². The number of nitrogens with one attached hydrogen (secondary N) is 1. The van der Waals surface area contributed by atoms with Crippen molar-refractivity contribution in [1.82, 2.24) is 9.97 Å². The molecule has 0 aliphatic carbocycles. The number of allylic oxidation sites excluding steroid dienone is 1. The molecule has 0 amide bonds. The third-order valence-electron chi connectivity index (χ3n) is 5.00. The molecule has 0 saturated carbocycles. The fourth-order valence-electron chi connectivity index (χ4n) is 3.51. The molecular formula is C25H16F3N5OS. The van der Waals surface area contributed by atoms with Gasteiger partial charge in [-0.2, -0.15) is 28.7 Å². The van der Waals surface area contributed by atoms with Crippen molar-refractivity contribution in [1.29, 1.82) is 10.5 Å². The number of rotatable bonds is 5. The summed E-state index contributed by atoms with van der Waals surface area (Å²) in [6.07, 6.45) is -1.62. The Morgan fingerprint density at radius 2 is 1.80 bits per heavy atom. The van der Waals surface area contributed by atoms with Gasteiger partial charge in [-0.3, -0.25) is 0 Å². The second-order valence-electron chi connectivity index (χ2n) is 7.53. The Kier molecular flexibility index (Phi) is 6.41. The van der Waals surface area contributed by atoms with Crippen LogP contribution in [0.15, 0.2) is 47.9 Å². The highest BCUT2D eigenvalue weighted by Crippen LogP contribution is 2.39. The average molecular weight is 491 g/mol. The maximum atomic E-state index is 13.6. The molecule has 0 spiro atoms. The number of aromatic nitrogens is 2. The zero-order valence-corrected chi connectivity index (χ0v) is 19.3. The lowest BCUT2D eigenvalue weighted by molar-refractivity contribution is -0.136. The van der Waals surface area contributed by atoms with Crippen molar-refractivity contribution in [2.45, 2.75) is 20.0 Å². The van der Waals surface area contributed by atoms with Gasteiger partial charge >= 0.3 is 6.18 Å². The van der Waals surface area contributed by atoms with E-state index in [2.05, 4.69) is 15.3 Å². The Hall–Kier alpha value is -4.41. The lowest BCUT2D eigenvalue weighted by Crippen LogP contribution is -2.10. The standard InChI is InChI=1S/C25H16F3N5OS/c1-14-10-16(4-3-8-29)11-15(2)21(14)34-23-22-20(7-9-35-22)32-24(33-23)31-19-6-5-17(13-30)12-18(19)25(26,27)28/h3-7,9-12H,1-2H3,(H,31,32,33)/b4-3+. The molecule has 4 rings (SSSR count). The Balaban J connectivity index is 1.75. The molecule has 0 radical (unpaired) electrons. The van der Waals surface area contributed by atoms with Gasteiger partial charge in [0.15, 0.2) is 0 Å². The zero-order chi connectivity index (χ0) is 25.2. The molecule has 174 valence electrons. The molecule has 0 aliphatic rings. The molecule has 0 bridgehead atoms. The van der Waals surface area contributed by atoms with E-state index in [1.165, 1.54) is 29.5 Å². The van der Waals surface area contributed by atoms with Crippen molar-refractivity contribution in [2.24, 2.45) is 0 Å². The summed E-state index contributed by atoms with van der Waals surface area (Å²) >= 11 is 1.35. The number of nitriles is 2. The number of thiophene rings is 1. The third kappa shape index (κ3) is 5.08. The van der Waals surface area contributed by atoms with Crippen molar-refractivity contribution in [3.63, 3.8) is 0 Å². The number of aryl methyl sites for hydroxylation is 2. The van der Waals surface area contributed by atoms with E-state index in [-0.39, 0.29) is 23.1 Å². The molecule has 0 aliphatic heterocycles. The summed E-state index contributed by atoms with van der Waals surface area (Å²) in [6.45, 7) is 3.70. The van der Waals surface area contributed by atoms with Crippen molar-refractivity contribution in [3.05, 3.63) is 75.7 Å². The maximum absolute atomic E-state index is 13.6. The molecule has 35 heavy (non-hydrogen) atoms. The van der Waals surface area contributed by atoms with Gasteiger partial charge in [-0.05, 0) is 78.4 Å². The van der Waals surface area contributed by atoms with E-state index in [9.17, 15) is 13.2 Å². The van der Waals surface area contributed by atoms with Gasteiger partial charge in [0.1, 0.15) is 10.4 Å². The number of hydrogen-bond donors (Lipinski definition) is 1. The first kappa shape index (κ1) is 23.7. The molecule has 2 aromatic heterocycles. The second-order valence-corrected chi connectivity index (χ2v) is 8.45. The summed E-state index contributed by atoms with van der Waals surface area (Å²) < 4.78 is 47.6. The lowest BCUT2D eigenvalue weighted by atomic mass is 10.1. The molecule has 10 heteroatoms. The van der Waals surface area contributed by atoms with Crippen LogP contribution in [0.5, 0.6) is 11.6 Å². The first-order valence-corrected chi connectivity index (χ1v) is 11.1. The number of benzene rings is 2. The molecule has 0 fully saturated rings. The van der Waals surface area contributed by atoms with E-state index in [1.54, 1.807) is 23.6 Å². The second kappa shape index (κ2) is 9.45. The smallest absolute Gasteiger partial charge is 0.418 e. The minimum Gasteiger partial charge on any atom is -0.437 e. The number of halogens is 3. The quantitative estimate of drug-likeness (QED) is 0.295. The number of anilines is 2. The Morgan fingerprint density at radius 3 is 2.46 bits per heavy atom. The first-order valence-electron chi connectivity index (χ1n) is 10.2. The molecule has 1 N–H and O–H groups in total. The normalized spacial score (nSPS) is 11.4. The van der Waals surface area contributed by atoms with Crippen LogP contribution in [0.3, 0.4) is 0 Å². The number of ether oxygens (including phenoxy) is 1. The van der Waals surface area contributed by atoms with Crippen LogP contribution >= 0.6 is 11.3 Å². The molecule has 2 aromatic carbocycles. The van der Waals surface area contributed by atoms with E-state index < -0.39 is 11.7 Å². The molecule has 0 atom stereocenters. The van der Waals surface area contributed by atoms with E-state index in [1.807, 2.05) is 32.0 Å². The summed E-state index contributed by atoms with van der Waals surface area (Å²) in [5, 5.41) is 22.2. The van der Waals surface area contributed by atoms with Gasteiger partial charge in [0.2, 0.25) is 11.8 Å². The predicted molar refractivity (Wildman–Crippen MR) is 127 cm³/mol. The van der Waals surface area contributed by atoms with E-state index >= 15 is 0 Å². The predicted octanol–water partition coefficient (Wildman–Crippen LogP) is 7.27. The maximum Gasteiger partial charge on any atom is 0.418 e. The highest BCUT2D eigenvalue weighted by Gasteiger charge is 2.34. The van der Waals surface area contributed by atoms with Crippen molar-refractivity contribution >= 4 is 39.3 Å². The Morgan fingerprint density at radius 1 is 1.06 bits per heavy atom. The summed E-state index contributed by atoms with van der Waals surface area (Å²) in [7, 11) is 0. The van der Waals surface area contributed by atoms with E-state index in [4.69, 9.17) is 15.3 Å². The van der Waals surface area contributed by atoms with Crippen LogP contribution in [0, 0.1) is 36.5 Å². The fraction of sp³-hybridized carbons (Fsp3) is 0.120. The Bertz CT molecular complexity index is 1520. The van der Waals surface area contributed by atoms with E-state index in [0.29, 0.717) is 16.0 Å². The van der Waals surface area contributed by atoms with E-state index in [0.717, 1.165) is 22.8 Å². The summed E-state index contributed by atoms with van der Waals surface area (Å²) in [6, 6.07) is 12.3. The highest BCUT2D eigenvalue weighted by atomic mass is 32.1. The monoisotopic (exact) mass is 491 g/mol. The SMILES string of the molecule is Cc1cc(/C=C/C#N)cc(C)c1Oc1nc(Nc2ccc(C#N)cc2C(F)(F)F)nc2ccsc12. The number of fused-ring (bicyclic) bond motifs is 1. The largest absolute Gasteiger partial charge is 0.437 e. The number of hydrogen-bond acceptors (Lipinski definition) is 7. The van der Waals surface area contributed by atoms with Gasteiger partial charge in [-0.15, -0.1) is 11.3 Å². The van der Waals surface area contributed by atoms with Crippen LogP contribution in [-0.2, 0) is 6.18 Å². The number of nitrogens with zero attached hydrogens (tertiary/aromatic N) is 4. The van der Waals surface area contributed by atoms with Gasteiger partial charge in [-0.1, -0.05) is 0 Å². The van der Waals surface area contributed by atoms with Crippen LogP contribution in [0.25, 0.3) is 16.3 Å². The molecule has 0 saturated heterocycles. The van der Waals surface area contributed by atoms with Gasteiger partial charge in [0, 0.05) is 6.08 Å². The first-order chi connectivity index (χ1) is 16.7. The van der Waals surface area contributed by atoms with Crippen molar-refractivity contribution in [3.8, 4) is 23.8 Å². The van der Waals surface area contributed by atoms with Gasteiger partial charge in [-0.25, -0.2) is 4.98 Å². The van der Waals surface area contributed by atoms with Gasteiger partial charge < -0.3 is 10.1 Å². The summed E-state index contributed by atoms with van der Waals surface area (Å²) in [5.74, 6) is 0.666. The highest BCUT2D eigenvalue weighted by molar-refractivity contribution is 7.17. The lowest BCUT2D eigenvalue weighted by Gasteiger charge is -2.16. The van der Waals surface area contributed by atoms with Crippen molar-refractivity contribution in [2.75, 3.05) is 5.32 Å². The van der Waals surface area contributed by atoms with Crippen LogP contribution in [0.2, 0.25) is 0 Å². The zero-order valence-electron chi connectivity index (χ0n) is 18.4. The minimum absolute atomic E-state index is 0.0787. The average Bonchev–Trinajstić information content (AvgIpc) is 3.28. The van der Waals surface area contributed by atoms with Gasteiger partial charge in [0.25, 0.3) is 0 Å². The molecule has 2 heterocycles. The van der Waals surface area contributed by atoms with Crippen LogP contribution in [-0.4, -0.2) is 9.97 Å². The van der Waals surface area contributed by atoms with Crippen LogP contribution < -0.4 is 10.1 Å². The molecular weight excluding hydrogens is 475 g/mol. The van der Waals surface area contributed by atoms with Gasteiger partial charge in [0.05, 0.1) is 34.5 Å². The summed E-state index contributed by atoms with van der Waals surface area (Å²) in [5.41, 5.74) is 1.55. The fourth-order valence-corrected chi connectivity index (χ4v) is 4.27. The molecule has 4 aromatic rings. The third-order valence-corrected chi connectivity index (χ3v) is 5.90. The van der Waals surface area contributed by atoms with Crippen LogP contribution in [0.1, 0.15) is 27.8 Å². The molecule has 6 nitrogen and oxygen atoms in total. The number of alkyl halides is 3. The van der Waals surface area contributed by atoms with Crippen molar-refractivity contribution < 1.29 is 17.9 Å².